The number of anilines is 1. The van der Waals surface area contributed by atoms with Crippen molar-refractivity contribution in [2.75, 3.05) is 5.32 Å². The van der Waals surface area contributed by atoms with Crippen molar-refractivity contribution in [3.8, 4) is 5.75 Å². The molecular weight excluding hydrogens is 326 g/mol. The molecule has 1 heterocycles. The zero-order valence-electron chi connectivity index (χ0n) is 14.9. The minimum absolute atomic E-state index is 0.164. The Morgan fingerprint density at radius 2 is 1.81 bits per heavy atom. The molecule has 5 nitrogen and oxygen atoms in total. The maximum Gasteiger partial charge on any atom is 0.339 e. The number of urea groups is 1. The van der Waals surface area contributed by atoms with Crippen LogP contribution in [0.2, 0.25) is 0 Å². The third kappa shape index (κ3) is 3.43. The lowest BCUT2D eigenvalue weighted by molar-refractivity contribution is 0.0779. The van der Waals surface area contributed by atoms with E-state index in [1.54, 1.807) is 0 Å². The summed E-state index contributed by atoms with van der Waals surface area (Å²) in [6.07, 6.45) is 5.16. The minimum atomic E-state index is -0.342. The van der Waals surface area contributed by atoms with E-state index in [-0.39, 0.29) is 11.6 Å². The largest absolute Gasteiger partial charge is 0.486 e. The molecule has 0 radical (unpaired) electrons. The van der Waals surface area contributed by atoms with Crippen LogP contribution in [0.15, 0.2) is 53.6 Å². The number of carbonyl (C=O) groups excluding carboxylic acids is 1. The summed E-state index contributed by atoms with van der Waals surface area (Å²) in [7, 11) is 0. The summed E-state index contributed by atoms with van der Waals surface area (Å²) < 4.78 is 6.32. The summed E-state index contributed by atoms with van der Waals surface area (Å²) >= 11 is 0. The molecule has 1 fully saturated rings. The third-order valence-electron chi connectivity index (χ3n) is 5.13. The molecule has 0 bridgehead atoms. The van der Waals surface area contributed by atoms with Gasteiger partial charge >= 0.3 is 6.03 Å². The van der Waals surface area contributed by atoms with Gasteiger partial charge in [-0.2, -0.15) is 5.10 Å². The van der Waals surface area contributed by atoms with Crippen molar-refractivity contribution >= 4 is 17.4 Å². The number of carbonyl (C=O) groups is 1. The monoisotopic (exact) mass is 349 g/mol. The topological polar surface area (TPSA) is 62.7 Å². The van der Waals surface area contributed by atoms with E-state index in [2.05, 4.69) is 15.8 Å². The van der Waals surface area contributed by atoms with Crippen molar-refractivity contribution in [3.63, 3.8) is 0 Å². The summed E-state index contributed by atoms with van der Waals surface area (Å²) in [6, 6.07) is 15.2. The molecule has 0 saturated heterocycles. The maximum atomic E-state index is 12.2. The Bertz CT molecular complexity index is 837. The van der Waals surface area contributed by atoms with Crippen molar-refractivity contribution in [1.29, 1.82) is 0 Å². The van der Waals surface area contributed by atoms with Gasteiger partial charge in [-0.3, -0.25) is 0 Å². The summed E-state index contributed by atoms with van der Waals surface area (Å²) in [5.74, 6) is 0.861. The summed E-state index contributed by atoms with van der Waals surface area (Å²) in [6.45, 7) is 2.01. The highest BCUT2D eigenvalue weighted by atomic mass is 16.5. The van der Waals surface area contributed by atoms with Crippen LogP contribution in [0.5, 0.6) is 5.75 Å². The van der Waals surface area contributed by atoms with Crippen LogP contribution in [-0.4, -0.2) is 17.3 Å². The normalized spacial score (nSPS) is 19.0. The zero-order valence-corrected chi connectivity index (χ0v) is 14.9. The quantitative estimate of drug-likeness (QED) is 0.777. The SMILES string of the molecule is Cc1ccc(NC(=O)N/N=C2\CC3(CCCC3)Oc3ccccc32)cc1. The number of ether oxygens (including phenoxy) is 1. The summed E-state index contributed by atoms with van der Waals surface area (Å²) in [4.78, 5) is 12.2. The fraction of sp³-hybridized carbons (Fsp3) is 0.333. The summed E-state index contributed by atoms with van der Waals surface area (Å²) in [5, 5.41) is 7.24. The van der Waals surface area contributed by atoms with Crippen molar-refractivity contribution in [2.45, 2.75) is 44.6 Å². The highest BCUT2D eigenvalue weighted by molar-refractivity contribution is 6.05. The van der Waals surface area contributed by atoms with E-state index in [0.717, 1.165) is 47.5 Å². The Morgan fingerprint density at radius 3 is 2.58 bits per heavy atom. The van der Waals surface area contributed by atoms with Crippen LogP contribution in [0.1, 0.15) is 43.2 Å². The van der Waals surface area contributed by atoms with Crippen LogP contribution >= 0.6 is 0 Å². The average Bonchev–Trinajstić information content (AvgIpc) is 3.09. The Morgan fingerprint density at radius 1 is 1.08 bits per heavy atom. The molecule has 2 N–H and O–H groups in total. The standard InChI is InChI=1S/C21H23N3O2/c1-15-8-10-16(11-9-15)22-20(25)24-23-18-14-21(12-4-5-13-21)26-19-7-3-2-6-17(18)19/h2-3,6-11H,4-5,12-14H2,1H3,(H2,22,24,25)/b23-18+. The van der Waals surface area contributed by atoms with Crippen LogP contribution < -0.4 is 15.5 Å². The average molecular weight is 349 g/mol. The maximum absolute atomic E-state index is 12.2. The first kappa shape index (κ1) is 16.6. The molecule has 1 aliphatic heterocycles. The van der Waals surface area contributed by atoms with Gasteiger partial charge < -0.3 is 10.1 Å². The van der Waals surface area contributed by atoms with E-state index in [1.807, 2.05) is 55.5 Å². The van der Waals surface area contributed by atoms with Gasteiger partial charge in [0.1, 0.15) is 11.4 Å². The van der Waals surface area contributed by atoms with Crippen molar-refractivity contribution in [3.05, 3.63) is 59.7 Å². The molecule has 134 valence electrons. The van der Waals surface area contributed by atoms with Crippen LogP contribution in [-0.2, 0) is 0 Å². The van der Waals surface area contributed by atoms with E-state index in [1.165, 1.54) is 12.8 Å². The molecule has 2 aliphatic rings. The molecular formula is C21H23N3O2. The minimum Gasteiger partial charge on any atom is -0.486 e. The molecule has 4 rings (SSSR count). The number of fused-ring (bicyclic) bond motifs is 1. The first-order chi connectivity index (χ1) is 12.6. The lowest BCUT2D eigenvalue weighted by Crippen LogP contribution is -2.40. The zero-order chi connectivity index (χ0) is 18.0. The number of nitrogens with zero attached hydrogens (tertiary/aromatic N) is 1. The van der Waals surface area contributed by atoms with Gasteiger partial charge in [-0.15, -0.1) is 0 Å². The van der Waals surface area contributed by atoms with Gasteiger partial charge in [0.15, 0.2) is 0 Å². The Balaban J connectivity index is 1.51. The van der Waals surface area contributed by atoms with Gasteiger partial charge in [0.05, 0.1) is 5.71 Å². The Kier molecular flexibility index (Phi) is 4.37. The van der Waals surface area contributed by atoms with Gasteiger partial charge in [-0.1, -0.05) is 29.8 Å². The third-order valence-corrected chi connectivity index (χ3v) is 5.13. The second-order valence-electron chi connectivity index (χ2n) is 7.16. The molecule has 1 saturated carbocycles. The molecule has 0 atom stereocenters. The number of para-hydroxylation sites is 1. The van der Waals surface area contributed by atoms with E-state index in [0.29, 0.717) is 0 Å². The number of hydrogen-bond donors (Lipinski definition) is 2. The van der Waals surface area contributed by atoms with E-state index in [9.17, 15) is 4.79 Å². The molecule has 0 aromatic heterocycles. The molecule has 1 aliphatic carbocycles. The fourth-order valence-corrected chi connectivity index (χ4v) is 3.78. The number of benzene rings is 2. The predicted octanol–water partition coefficient (Wildman–Crippen LogP) is 4.62. The smallest absolute Gasteiger partial charge is 0.339 e. The number of rotatable bonds is 2. The predicted molar refractivity (Wildman–Crippen MR) is 103 cm³/mol. The highest BCUT2D eigenvalue weighted by Gasteiger charge is 2.41. The van der Waals surface area contributed by atoms with Gasteiger partial charge in [0.25, 0.3) is 0 Å². The molecule has 2 aromatic carbocycles. The fourth-order valence-electron chi connectivity index (χ4n) is 3.78. The van der Waals surface area contributed by atoms with Crippen LogP contribution in [0, 0.1) is 6.92 Å². The highest BCUT2D eigenvalue weighted by Crippen LogP contribution is 2.42. The first-order valence-corrected chi connectivity index (χ1v) is 9.12. The van der Waals surface area contributed by atoms with E-state index in [4.69, 9.17) is 4.74 Å². The van der Waals surface area contributed by atoms with E-state index < -0.39 is 0 Å². The van der Waals surface area contributed by atoms with Crippen molar-refractivity contribution < 1.29 is 9.53 Å². The summed E-state index contributed by atoms with van der Waals surface area (Å²) in [5.41, 5.74) is 6.22. The van der Waals surface area contributed by atoms with Gasteiger partial charge in [0.2, 0.25) is 0 Å². The molecule has 2 aromatic rings. The van der Waals surface area contributed by atoms with Crippen LogP contribution in [0.25, 0.3) is 0 Å². The number of hydrazone groups is 1. The lowest BCUT2D eigenvalue weighted by Gasteiger charge is -2.36. The second-order valence-corrected chi connectivity index (χ2v) is 7.16. The van der Waals surface area contributed by atoms with Gasteiger partial charge in [-0.25, -0.2) is 10.2 Å². The first-order valence-electron chi connectivity index (χ1n) is 9.12. The van der Waals surface area contributed by atoms with Crippen molar-refractivity contribution in [1.82, 2.24) is 5.43 Å². The Labute approximate surface area is 153 Å². The van der Waals surface area contributed by atoms with Crippen molar-refractivity contribution in [2.24, 2.45) is 5.10 Å². The molecule has 1 spiro atoms. The number of amides is 2. The van der Waals surface area contributed by atoms with Crippen LogP contribution in [0.4, 0.5) is 10.5 Å². The number of hydrogen-bond acceptors (Lipinski definition) is 3. The van der Waals surface area contributed by atoms with E-state index >= 15 is 0 Å². The molecule has 2 amide bonds. The Hall–Kier alpha value is -2.82. The number of nitrogens with one attached hydrogen (secondary N) is 2. The van der Waals surface area contributed by atoms with Gasteiger partial charge in [0, 0.05) is 17.7 Å². The number of aryl methyl sites for hydroxylation is 1. The second kappa shape index (κ2) is 6.83. The van der Waals surface area contributed by atoms with Crippen LogP contribution in [0.3, 0.4) is 0 Å². The lowest BCUT2D eigenvalue weighted by atomic mass is 9.88. The molecule has 5 heteroatoms. The molecule has 0 unspecified atom stereocenters. The van der Waals surface area contributed by atoms with Gasteiger partial charge in [-0.05, 0) is 56.9 Å². The molecule has 26 heavy (non-hydrogen) atoms.